The fourth-order valence-electron chi connectivity index (χ4n) is 2.91. The molecule has 0 spiro atoms. The number of hydrogen-bond donors (Lipinski definition) is 0. The van der Waals surface area contributed by atoms with Crippen LogP contribution in [0.25, 0.3) is 0 Å². The predicted molar refractivity (Wildman–Crippen MR) is 65.5 cm³/mol. The lowest BCUT2D eigenvalue weighted by Gasteiger charge is -2.35. The van der Waals surface area contributed by atoms with Crippen molar-refractivity contribution in [1.82, 2.24) is 9.80 Å². The monoisotopic (exact) mass is 230 g/mol. The Kier molecular flexibility index (Phi) is 3.92. The Bertz CT molecular complexity index is 210. The van der Waals surface area contributed by atoms with Crippen molar-refractivity contribution in [2.24, 2.45) is 11.8 Å². The zero-order chi connectivity index (χ0) is 10.8. The van der Waals surface area contributed by atoms with Crippen LogP contribution in [-0.2, 0) is 0 Å². The summed E-state index contributed by atoms with van der Waals surface area (Å²) in [5.41, 5.74) is 0. The van der Waals surface area contributed by atoms with Gasteiger partial charge < -0.3 is 9.80 Å². The molecule has 15 heavy (non-hydrogen) atoms. The van der Waals surface area contributed by atoms with Gasteiger partial charge >= 0.3 is 0 Å². The van der Waals surface area contributed by atoms with Crippen molar-refractivity contribution in [1.29, 1.82) is 0 Å². The molecule has 0 aromatic heterocycles. The van der Waals surface area contributed by atoms with Gasteiger partial charge in [0.25, 0.3) is 0 Å². The van der Waals surface area contributed by atoms with E-state index in [0.717, 1.165) is 5.92 Å². The number of alkyl halides is 1. The molecule has 3 unspecified atom stereocenters. The van der Waals surface area contributed by atoms with Crippen LogP contribution in [0.1, 0.15) is 19.8 Å². The zero-order valence-corrected chi connectivity index (χ0v) is 10.7. The molecule has 0 saturated carbocycles. The van der Waals surface area contributed by atoms with Gasteiger partial charge in [0.2, 0.25) is 0 Å². The molecule has 2 fully saturated rings. The Morgan fingerprint density at radius 3 is 2.60 bits per heavy atom. The molecule has 0 amide bonds. The van der Waals surface area contributed by atoms with E-state index in [1.54, 1.807) is 0 Å². The Hall–Kier alpha value is 0.210. The molecule has 0 aromatic rings. The van der Waals surface area contributed by atoms with E-state index in [9.17, 15) is 0 Å². The lowest BCUT2D eigenvalue weighted by atomic mass is 9.98. The molecule has 0 aromatic carbocycles. The van der Waals surface area contributed by atoms with Crippen molar-refractivity contribution in [3.8, 4) is 0 Å². The maximum absolute atomic E-state index is 6.24. The summed E-state index contributed by atoms with van der Waals surface area (Å²) in [6.45, 7) is 8.55. The van der Waals surface area contributed by atoms with E-state index in [1.165, 1.54) is 45.6 Å². The zero-order valence-electron chi connectivity index (χ0n) is 9.95. The Labute approximate surface area is 98.6 Å². The predicted octanol–water partition coefficient (Wildman–Crippen LogP) is 1.89. The van der Waals surface area contributed by atoms with E-state index < -0.39 is 0 Å². The quantitative estimate of drug-likeness (QED) is 0.669. The highest BCUT2D eigenvalue weighted by Gasteiger charge is 2.27. The summed E-state index contributed by atoms with van der Waals surface area (Å²) < 4.78 is 0. The van der Waals surface area contributed by atoms with E-state index in [-0.39, 0.29) is 0 Å². The molecule has 2 nitrogen and oxygen atoms in total. The van der Waals surface area contributed by atoms with Crippen LogP contribution in [0.3, 0.4) is 0 Å². The number of likely N-dealkylation sites (tertiary alicyclic amines) is 2. The van der Waals surface area contributed by atoms with E-state index in [1.807, 2.05) is 0 Å². The van der Waals surface area contributed by atoms with Crippen LogP contribution in [0.4, 0.5) is 0 Å². The lowest BCUT2D eigenvalue weighted by molar-refractivity contribution is 0.163. The third-order valence-electron chi connectivity index (χ3n) is 3.89. The largest absolute Gasteiger partial charge is 0.306 e. The number of nitrogens with zero attached hydrogens (tertiary/aromatic N) is 2. The van der Waals surface area contributed by atoms with E-state index in [2.05, 4.69) is 23.8 Å². The molecule has 2 aliphatic rings. The van der Waals surface area contributed by atoms with Crippen LogP contribution in [-0.4, -0.2) is 54.9 Å². The molecule has 88 valence electrons. The van der Waals surface area contributed by atoms with Gasteiger partial charge in [-0.1, -0.05) is 6.92 Å². The van der Waals surface area contributed by atoms with Crippen LogP contribution in [0.15, 0.2) is 0 Å². The number of halogens is 1. The second kappa shape index (κ2) is 5.03. The summed E-state index contributed by atoms with van der Waals surface area (Å²) in [6, 6.07) is 0. The van der Waals surface area contributed by atoms with Gasteiger partial charge in [0.1, 0.15) is 0 Å². The summed E-state index contributed by atoms with van der Waals surface area (Å²) in [7, 11) is 2.23. The fraction of sp³-hybridized carbons (Fsp3) is 1.00. The minimum atomic E-state index is 0.410. The molecule has 2 aliphatic heterocycles. The summed E-state index contributed by atoms with van der Waals surface area (Å²) in [5, 5.41) is 0.410. The van der Waals surface area contributed by atoms with Gasteiger partial charge in [-0.3, -0.25) is 0 Å². The molecule has 2 heterocycles. The standard InChI is InChI=1S/C12H23ClN2/c1-10-7-15(6-4-12(10)13)9-11-3-5-14(2)8-11/h10-12H,3-9H2,1-2H3. The first-order valence-corrected chi connectivity index (χ1v) is 6.63. The maximum Gasteiger partial charge on any atom is 0.0386 e. The molecule has 0 bridgehead atoms. The summed E-state index contributed by atoms with van der Waals surface area (Å²) in [5.74, 6) is 1.56. The topological polar surface area (TPSA) is 6.48 Å². The molecular weight excluding hydrogens is 208 g/mol. The van der Waals surface area contributed by atoms with Crippen LogP contribution >= 0.6 is 11.6 Å². The molecule has 2 saturated heterocycles. The second-order valence-corrected chi connectivity index (χ2v) is 6.02. The number of rotatable bonds is 2. The van der Waals surface area contributed by atoms with E-state index >= 15 is 0 Å². The van der Waals surface area contributed by atoms with Crippen molar-refractivity contribution < 1.29 is 0 Å². The van der Waals surface area contributed by atoms with Crippen molar-refractivity contribution in [2.75, 3.05) is 39.8 Å². The van der Waals surface area contributed by atoms with E-state index in [0.29, 0.717) is 11.3 Å². The third kappa shape index (κ3) is 3.08. The molecule has 3 atom stereocenters. The van der Waals surface area contributed by atoms with Gasteiger partial charge in [0.15, 0.2) is 0 Å². The highest BCUT2D eigenvalue weighted by Crippen LogP contribution is 2.24. The highest BCUT2D eigenvalue weighted by molar-refractivity contribution is 6.20. The van der Waals surface area contributed by atoms with Gasteiger partial charge in [-0.2, -0.15) is 0 Å². The van der Waals surface area contributed by atoms with Crippen molar-refractivity contribution in [2.45, 2.75) is 25.1 Å². The first kappa shape index (κ1) is 11.7. The molecular formula is C12H23ClN2. The van der Waals surface area contributed by atoms with Crippen molar-refractivity contribution in [3.05, 3.63) is 0 Å². The van der Waals surface area contributed by atoms with Crippen LogP contribution in [0, 0.1) is 11.8 Å². The maximum atomic E-state index is 6.24. The lowest BCUT2D eigenvalue weighted by Crippen LogP contribution is -2.42. The fourth-order valence-corrected chi connectivity index (χ4v) is 3.09. The minimum Gasteiger partial charge on any atom is -0.306 e. The van der Waals surface area contributed by atoms with Gasteiger partial charge in [0, 0.05) is 25.0 Å². The van der Waals surface area contributed by atoms with Crippen LogP contribution in [0.5, 0.6) is 0 Å². The first-order chi connectivity index (χ1) is 7.15. The number of hydrogen-bond acceptors (Lipinski definition) is 2. The molecule has 3 heteroatoms. The number of piperidine rings is 1. The van der Waals surface area contributed by atoms with Gasteiger partial charge in [-0.05, 0) is 44.8 Å². The average molecular weight is 231 g/mol. The molecule has 2 rings (SSSR count). The smallest absolute Gasteiger partial charge is 0.0386 e. The Morgan fingerprint density at radius 1 is 1.20 bits per heavy atom. The highest BCUT2D eigenvalue weighted by atomic mass is 35.5. The van der Waals surface area contributed by atoms with Crippen LogP contribution < -0.4 is 0 Å². The van der Waals surface area contributed by atoms with E-state index in [4.69, 9.17) is 11.6 Å². The Morgan fingerprint density at radius 2 is 2.00 bits per heavy atom. The second-order valence-electron chi connectivity index (χ2n) is 5.46. The molecule has 0 radical (unpaired) electrons. The summed E-state index contributed by atoms with van der Waals surface area (Å²) in [6.07, 6.45) is 2.55. The molecule has 0 aliphatic carbocycles. The van der Waals surface area contributed by atoms with Crippen LogP contribution in [0.2, 0.25) is 0 Å². The average Bonchev–Trinajstić information content (AvgIpc) is 2.58. The van der Waals surface area contributed by atoms with Gasteiger partial charge in [-0.15, -0.1) is 11.6 Å². The Balaban J connectivity index is 1.75. The van der Waals surface area contributed by atoms with Gasteiger partial charge in [0.05, 0.1) is 0 Å². The summed E-state index contributed by atoms with van der Waals surface area (Å²) >= 11 is 6.24. The minimum absolute atomic E-state index is 0.410. The SMILES string of the molecule is CC1CN(CC2CCN(C)C2)CCC1Cl. The van der Waals surface area contributed by atoms with Crippen molar-refractivity contribution in [3.63, 3.8) is 0 Å². The summed E-state index contributed by atoms with van der Waals surface area (Å²) in [4.78, 5) is 5.07. The third-order valence-corrected chi connectivity index (χ3v) is 4.54. The normalized spacial score (nSPS) is 39.8. The first-order valence-electron chi connectivity index (χ1n) is 6.20. The molecule has 0 N–H and O–H groups in total. The van der Waals surface area contributed by atoms with Crippen molar-refractivity contribution >= 4 is 11.6 Å². The van der Waals surface area contributed by atoms with Gasteiger partial charge in [-0.25, -0.2) is 0 Å².